The number of halogens is 4. The molecule has 0 saturated heterocycles. The number of nitrogens with zero attached hydrogens (tertiary/aromatic N) is 2. The molecule has 1 aromatic heterocycles. The van der Waals surface area contributed by atoms with Gasteiger partial charge in [-0.25, -0.2) is 27.5 Å². The van der Waals surface area contributed by atoms with Gasteiger partial charge in [-0.15, -0.1) is 0 Å². The van der Waals surface area contributed by atoms with Crippen molar-refractivity contribution in [2.45, 2.75) is 31.4 Å². The predicted molar refractivity (Wildman–Crippen MR) is 90.4 cm³/mol. The minimum Gasteiger partial charge on any atom is -0.459 e. The number of benzene rings is 1. The van der Waals surface area contributed by atoms with Gasteiger partial charge in [0.25, 0.3) is 18.4 Å². The fourth-order valence-electron chi connectivity index (χ4n) is 2.94. The van der Waals surface area contributed by atoms with Crippen molar-refractivity contribution in [3.05, 3.63) is 47.4 Å². The molecule has 2 atom stereocenters. The Morgan fingerprint density at radius 2 is 2.21 bits per heavy atom. The monoisotopic (exact) mass is 400 g/mol. The average Bonchev–Trinajstić information content (AvgIpc) is 3.09. The number of nitrogens with two attached hydrogens (primary N) is 1. The summed E-state index contributed by atoms with van der Waals surface area (Å²) in [7, 11) is 0. The summed E-state index contributed by atoms with van der Waals surface area (Å²) in [6.45, 7) is 0.433. The number of aromatic nitrogens is 1. The third-order valence-corrected chi connectivity index (χ3v) is 4.21. The van der Waals surface area contributed by atoms with E-state index in [1.165, 1.54) is 13.0 Å². The molecule has 7 nitrogen and oxygen atoms in total. The molecule has 0 radical (unpaired) electrons. The molecule has 0 unspecified atom stereocenters. The van der Waals surface area contributed by atoms with E-state index in [4.69, 9.17) is 14.9 Å². The molecule has 2 aromatic rings. The van der Waals surface area contributed by atoms with Crippen LogP contribution in [0.2, 0.25) is 0 Å². The molecule has 1 amide bonds. The number of rotatable bonds is 5. The Bertz CT molecular complexity index is 918. The third-order valence-electron chi connectivity index (χ3n) is 4.21. The zero-order chi connectivity index (χ0) is 20.5. The SMILES string of the molecule is Cc1nc(C(=O)Nc2ccc(F)c([C@]3(C(F)F)C[C@@H](CF)OC(N)=N3)c2)co1. The summed E-state index contributed by atoms with van der Waals surface area (Å²) >= 11 is 0. The lowest BCUT2D eigenvalue weighted by Gasteiger charge is -2.36. The number of aliphatic imine (C=N–C) groups is 1. The van der Waals surface area contributed by atoms with E-state index in [1.807, 2.05) is 0 Å². The largest absolute Gasteiger partial charge is 0.459 e. The van der Waals surface area contributed by atoms with Crippen LogP contribution in [0.15, 0.2) is 33.9 Å². The van der Waals surface area contributed by atoms with Gasteiger partial charge in [0.1, 0.15) is 24.9 Å². The average molecular weight is 400 g/mol. The minimum atomic E-state index is -3.21. The van der Waals surface area contributed by atoms with Crippen molar-refractivity contribution in [1.29, 1.82) is 0 Å². The van der Waals surface area contributed by atoms with Crippen LogP contribution < -0.4 is 11.1 Å². The quantitative estimate of drug-likeness (QED) is 0.752. The number of alkyl halides is 3. The van der Waals surface area contributed by atoms with Gasteiger partial charge in [-0.05, 0) is 18.2 Å². The second kappa shape index (κ2) is 7.49. The van der Waals surface area contributed by atoms with Crippen molar-refractivity contribution in [1.82, 2.24) is 4.98 Å². The lowest BCUT2D eigenvalue weighted by Crippen LogP contribution is -2.46. The molecule has 0 spiro atoms. The number of hydrogen-bond acceptors (Lipinski definition) is 6. The fraction of sp³-hybridized carbons (Fsp3) is 0.353. The fourth-order valence-corrected chi connectivity index (χ4v) is 2.94. The number of nitrogens with one attached hydrogen (secondary N) is 1. The standard InChI is InChI=1S/C17H16F4N4O3/c1-8-23-13(7-27-8)14(26)24-9-2-3-12(19)11(4-9)17(15(20)21)5-10(6-18)28-16(22)25-17/h2-4,7,10,15H,5-6H2,1H3,(H2,22,25)(H,24,26)/t10-,17-/m0/s1. The Morgan fingerprint density at radius 1 is 1.46 bits per heavy atom. The first-order valence-corrected chi connectivity index (χ1v) is 8.14. The summed E-state index contributed by atoms with van der Waals surface area (Å²) in [6, 6.07) is 2.42. The van der Waals surface area contributed by atoms with Crippen LogP contribution in [0.25, 0.3) is 0 Å². The number of oxazole rings is 1. The number of hydrogen-bond donors (Lipinski definition) is 2. The Morgan fingerprint density at radius 3 is 2.82 bits per heavy atom. The molecule has 3 rings (SSSR count). The van der Waals surface area contributed by atoms with Crippen LogP contribution in [-0.2, 0) is 10.3 Å². The van der Waals surface area contributed by atoms with Crippen LogP contribution in [0.3, 0.4) is 0 Å². The van der Waals surface area contributed by atoms with Crippen LogP contribution >= 0.6 is 0 Å². The first-order valence-electron chi connectivity index (χ1n) is 8.14. The molecular weight excluding hydrogens is 384 g/mol. The molecule has 3 N–H and O–H groups in total. The van der Waals surface area contributed by atoms with Crippen molar-refractivity contribution < 1.29 is 31.5 Å². The van der Waals surface area contributed by atoms with Crippen molar-refractivity contribution >= 4 is 17.6 Å². The van der Waals surface area contributed by atoms with Gasteiger partial charge in [0.05, 0.1) is 0 Å². The molecule has 28 heavy (non-hydrogen) atoms. The van der Waals surface area contributed by atoms with Crippen molar-refractivity contribution in [2.24, 2.45) is 10.7 Å². The van der Waals surface area contributed by atoms with Gasteiger partial charge in [0.15, 0.2) is 17.1 Å². The molecule has 2 heterocycles. The Labute approximate surface area is 156 Å². The topological polar surface area (TPSA) is 103 Å². The van der Waals surface area contributed by atoms with E-state index < -0.39 is 54.5 Å². The van der Waals surface area contributed by atoms with Gasteiger partial charge < -0.3 is 20.2 Å². The van der Waals surface area contributed by atoms with Gasteiger partial charge in [0.2, 0.25) is 0 Å². The summed E-state index contributed by atoms with van der Waals surface area (Å²) in [5.74, 6) is -1.44. The van der Waals surface area contributed by atoms with Gasteiger partial charge in [-0.1, -0.05) is 0 Å². The van der Waals surface area contributed by atoms with Gasteiger partial charge in [-0.3, -0.25) is 4.79 Å². The third kappa shape index (κ3) is 3.64. The zero-order valence-electron chi connectivity index (χ0n) is 14.6. The van der Waals surface area contributed by atoms with Gasteiger partial charge in [0, 0.05) is 24.6 Å². The maximum absolute atomic E-state index is 14.5. The number of amidine groups is 1. The van der Waals surface area contributed by atoms with Gasteiger partial charge >= 0.3 is 0 Å². The van der Waals surface area contributed by atoms with Crippen LogP contribution in [0.1, 0.15) is 28.4 Å². The Balaban J connectivity index is 1.99. The van der Waals surface area contributed by atoms with E-state index in [-0.39, 0.29) is 17.3 Å². The van der Waals surface area contributed by atoms with Crippen LogP contribution in [0.4, 0.5) is 23.2 Å². The van der Waals surface area contributed by atoms with E-state index in [2.05, 4.69) is 15.3 Å². The number of ether oxygens (including phenoxy) is 1. The lowest BCUT2D eigenvalue weighted by molar-refractivity contribution is -0.00510. The minimum absolute atomic E-state index is 0.0131. The maximum Gasteiger partial charge on any atom is 0.283 e. The van der Waals surface area contributed by atoms with Gasteiger partial charge in [-0.2, -0.15) is 0 Å². The Hall–Kier alpha value is -3.11. The van der Waals surface area contributed by atoms with Crippen molar-refractivity contribution in [3.63, 3.8) is 0 Å². The second-order valence-corrected chi connectivity index (χ2v) is 6.17. The van der Waals surface area contributed by atoms with Crippen LogP contribution in [-0.4, -0.2) is 36.1 Å². The molecule has 150 valence electrons. The number of anilines is 1. The van der Waals surface area contributed by atoms with Crippen molar-refractivity contribution in [3.8, 4) is 0 Å². The smallest absolute Gasteiger partial charge is 0.283 e. The maximum atomic E-state index is 14.5. The molecular formula is C17H16F4N4O3. The second-order valence-electron chi connectivity index (χ2n) is 6.17. The Kier molecular flexibility index (Phi) is 5.25. The van der Waals surface area contributed by atoms with Crippen molar-refractivity contribution in [2.75, 3.05) is 12.0 Å². The normalized spacial score (nSPS) is 21.9. The summed E-state index contributed by atoms with van der Waals surface area (Å²) in [5.41, 5.74) is 2.39. The van der Waals surface area contributed by atoms with Crippen LogP contribution in [0.5, 0.6) is 0 Å². The van der Waals surface area contributed by atoms with E-state index in [0.717, 1.165) is 18.4 Å². The first-order chi connectivity index (χ1) is 13.2. The number of carbonyl (C=O) groups is 1. The highest BCUT2D eigenvalue weighted by molar-refractivity contribution is 6.02. The predicted octanol–water partition coefficient (Wildman–Crippen LogP) is 2.91. The molecule has 0 aliphatic carbocycles. The van der Waals surface area contributed by atoms with E-state index in [0.29, 0.717) is 0 Å². The van der Waals surface area contributed by atoms with E-state index >= 15 is 0 Å². The number of aryl methyl sites for hydroxylation is 1. The summed E-state index contributed by atoms with van der Waals surface area (Å²) in [4.78, 5) is 19.6. The lowest BCUT2D eigenvalue weighted by atomic mass is 9.84. The molecule has 0 bridgehead atoms. The first kappa shape index (κ1) is 19.6. The zero-order valence-corrected chi connectivity index (χ0v) is 14.6. The molecule has 0 saturated carbocycles. The van der Waals surface area contributed by atoms with E-state index in [1.54, 1.807) is 0 Å². The number of carbonyl (C=O) groups excluding carboxylic acids is 1. The molecule has 1 aliphatic rings. The molecule has 1 aromatic carbocycles. The van der Waals surface area contributed by atoms with E-state index in [9.17, 15) is 22.4 Å². The highest BCUT2D eigenvalue weighted by Crippen LogP contribution is 2.42. The number of amides is 1. The highest BCUT2D eigenvalue weighted by Gasteiger charge is 2.49. The molecule has 1 aliphatic heterocycles. The molecule has 11 heteroatoms. The summed E-state index contributed by atoms with van der Waals surface area (Å²) in [6.07, 6.45) is -4.02. The van der Waals surface area contributed by atoms with Crippen LogP contribution in [0, 0.1) is 12.7 Å². The summed E-state index contributed by atoms with van der Waals surface area (Å²) < 4.78 is 65.3. The molecule has 0 fully saturated rings. The summed E-state index contributed by atoms with van der Waals surface area (Å²) in [5, 5.41) is 2.41. The highest BCUT2D eigenvalue weighted by atomic mass is 19.3.